The number of aryl methyl sites for hydroxylation is 2. The first kappa shape index (κ1) is 23.9. The monoisotopic (exact) mass is 485 g/mol. The van der Waals surface area contributed by atoms with Crippen LogP contribution < -0.4 is 10.2 Å². The first-order valence-corrected chi connectivity index (χ1v) is 11.8. The van der Waals surface area contributed by atoms with Gasteiger partial charge in [-0.05, 0) is 67.9 Å². The van der Waals surface area contributed by atoms with Crippen molar-refractivity contribution < 1.29 is 14.3 Å². The minimum absolute atomic E-state index is 0.135. The summed E-state index contributed by atoms with van der Waals surface area (Å²) >= 11 is 1.28. The van der Waals surface area contributed by atoms with Crippen molar-refractivity contribution in [1.29, 1.82) is 0 Å². The van der Waals surface area contributed by atoms with Gasteiger partial charge in [0.1, 0.15) is 11.6 Å². The van der Waals surface area contributed by atoms with Crippen molar-refractivity contribution in [3.63, 3.8) is 0 Å². The quantitative estimate of drug-likeness (QED) is 0.131. The lowest BCUT2D eigenvalue weighted by molar-refractivity contribution is -0.118. The number of nitrogens with zero attached hydrogens (tertiary/aromatic N) is 4. The van der Waals surface area contributed by atoms with Gasteiger partial charge in [-0.15, -0.1) is 10.2 Å². The number of hydrogen-bond acceptors (Lipinski definition) is 7. The highest BCUT2D eigenvalue weighted by Gasteiger charge is 2.13. The fourth-order valence-corrected chi connectivity index (χ4v) is 3.92. The maximum atomic E-state index is 12.2. The van der Waals surface area contributed by atoms with Gasteiger partial charge in [-0.2, -0.15) is 5.10 Å². The Morgan fingerprint density at radius 2 is 1.69 bits per heavy atom. The van der Waals surface area contributed by atoms with E-state index in [2.05, 4.69) is 20.7 Å². The molecule has 0 atom stereocenters. The van der Waals surface area contributed by atoms with Crippen LogP contribution in [0.25, 0.3) is 5.69 Å². The molecule has 0 unspecified atom stereocenters. The molecule has 0 bridgehead atoms. The molecule has 1 heterocycles. The van der Waals surface area contributed by atoms with Gasteiger partial charge in [-0.3, -0.25) is 9.36 Å². The van der Waals surface area contributed by atoms with E-state index in [9.17, 15) is 9.59 Å². The van der Waals surface area contributed by atoms with Crippen molar-refractivity contribution in [2.75, 3.05) is 5.75 Å². The van der Waals surface area contributed by atoms with E-state index in [4.69, 9.17) is 4.74 Å². The van der Waals surface area contributed by atoms with Crippen LogP contribution in [0.1, 0.15) is 27.3 Å². The van der Waals surface area contributed by atoms with Gasteiger partial charge in [0.25, 0.3) is 5.91 Å². The smallest absolute Gasteiger partial charge is 0.343 e. The van der Waals surface area contributed by atoms with E-state index >= 15 is 0 Å². The van der Waals surface area contributed by atoms with Crippen molar-refractivity contribution in [1.82, 2.24) is 20.2 Å². The molecule has 0 spiro atoms. The number of benzene rings is 3. The number of esters is 1. The van der Waals surface area contributed by atoms with E-state index in [0.717, 1.165) is 22.6 Å². The molecule has 0 radical (unpaired) electrons. The van der Waals surface area contributed by atoms with E-state index < -0.39 is 5.97 Å². The molecule has 1 aromatic heterocycles. The summed E-state index contributed by atoms with van der Waals surface area (Å²) in [5.74, 6) is 0.608. The minimum Gasteiger partial charge on any atom is -0.423 e. The molecule has 0 saturated carbocycles. The first-order chi connectivity index (χ1) is 17.0. The zero-order valence-corrected chi connectivity index (χ0v) is 20.0. The summed E-state index contributed by atoms with van der Waals surface area (Å²) in [6.07, 6.45) is 1.52. The molecule has 0 aliphatic carbocycles. The summed E-state index contributed by atoms with van der Waals surface area (Å²) < 4.78 is 7.28. The van der Waals surface area contributed by atoms with Gasteiger partial charge in [-0.25, -0.2) is 10.2 Å². The van der Waals surface area contributed by atoms with Gasteiger partial charge in [0.15, 0.2) is 5.16 Å². The molecule has 0 fully saturated rings. The van der Waals surface area contributed by atoms with Gasteiger partial charge < -0.3 is 4.74 Å². The number of thioether (sulfide) groups is 1. The van der Waals surface area contributed by atoms with Crippen LogP contribution in [0.3, 0.4) is 0 Å². The van der Waals surface area contributed by atoms with E-state index in [0.29, 0.717) is 16.5 Å². The molecule has 4 aromatic rings. The number of rotatable bonds is 8. The van der Waals surface area contributed by atoms with Gasteiger partial charge >= 0.3 is 5.97 Å². The molecule has 176 valence electrons. The highest BCUT2D eigenvalue weighted by molar-refractivity contribution is 7.99. The minimum atomic E-state index is -0.422. The zero-order chi connectivity index (χ0) is 24.6. The van der Waals surface area contributed by atoms with Crippen molar-refractivity contribution in [2.45, 2.75) is 19.0 Å². The van der Waals surface area contributed by atoms with Crippen LogP contribution in [0.2, 0.25) is 0 Å². The van der Waals surface area contributed by atoms with E-state index in [1.165, 1.54) is 18.0 Å². The third-order valence-electron chi connectivity index (χ3n) is 4.92. The van der Waals surface area contributed by atoms with E-state index in [1.807, 2.05) is 60.9 Å². The SMILES string of the molecule is Cc1ccc(C(=O)Oc2ccc(/C=N\NC(=O)CSc3nnc(C)n3-c3ccccc3)cc2)cc1. The summed E-state index contributed by atoms with van der Waals surface area (Å²) in [4.78, 5) is 24.4. The Bertz CT molecular complexity index is 1330. The lowest BCUT2D eigenvalue weighted by Gasteiger charge is -2.07. The van der Waals surface area contributed by atoms with Crippen LogP contribution in [0.4, 0.5) is 0 Å². The maximum absolute atomic E-state index is 12.2. The molecule has 4 rings (SSSR count). The van der Waals surface area contributed by atoms with E-state index in [-0.39, 0.29) is 11.7 Å². The number of carbonyl (C=O) groups is 2. The number of hydrogen-bond donors (Lipinski definition) is 1. The average Bonchev–Trinajstić information content (AvgIpc) is 3.25. The zero-order valence-electron chi connectivity index (χ0n) is 19.2. The number of nitrogens with one attached hydrogen (secondary N) is 1. The Kier molecular flexibility index (Phi) is 7.69. The van der Waals surface area contributed by atoms with Crippen molar-refractivity contribution in [2.24, 2.45) is 5.10 Å². The number of hydrazone groups is 1. The van der Waals surface area contributed by atoms with E-state index in [1.54, 1.807) is 36.4 Å². The second kappa shape index (κ2) is 11.3. The molecule has 1 N–H and O–H groups in total. The van der Waals surface area contributed by atoms with Crippen LogP contribution in [-0.4, -0.2) is 38.6 Å². The Morgan fingerprint density at radius 1 is 0.971 bits per heavy atom. The third-order valence-corrected chi connectivity index (χ3v) is 5.85. The normalized spacial score (nSPS) is 10.9. The Morgan fingerprint density at radius 3 is 2.40 bits per heavy atom. The fourth-order valence-electron chi connectivity index (χ4n) is 3.13. The second-order valence-corrected chi connectivity index (χ2v) is 8.55. The molecular weight excluding hydrogens is 462 g/mol. The highest BCUT2D eigenvalue weighted by atomic mass is 32.2. The molecule has 0 saturated heterocycles. The largest absolute Gasteiger partial charge is 0.423 e. The van der Waals surface area contributed by atoms with Gasteiger partial charge in [0.05, 0.1) is 17.5 Å². The van der Waals surface area contributed by atoms with Crippen LogP contribution in [-0.2, 0) is 4.79 Å². The predicted octanol–water partition coefficient (Wildman–Crippen LogP) is 4.35. The highest BCUT2D eigenvalue weighted by Crippen LogP contribution is 2.21. The summed E-state index contributed by atoms with van der Waals surface area (Å²) in [5.41, 5.74) is 5.74. The Balaban J connectivity index is 1.27. The molecule has 35 heavy (non-hydrogen) atoms. The number of carbonyl (C=O) groups excluding carboxylic acids is 2. The molecule has 0 aliphatic heterocycles. The van der Waals surface area contributed by atoms with Crippen molar-refractivity contribution in [3.05, 3.63) is 101 Å². The lowest BCUT2D eigenvalue weighted by atomic mass is 10.1. The predicted molar refractivity (Wildman–Crippen MR) is 135 cm³/mol. The Labute approximate surface area is 207 Å². The second-order valence-electron chi connectivity index (χ2n) is 7.61. The molecule has 1 amide bonds. The maximum Gasteiger partial charge on any atom is 0.343 e. The first-order valence-electron chi connectivity index (χ1n) is 10.8. The fraction of sp³-hybridized carbons (Fsp3) is 0.115. The van der Waals surface area contributed by atoms with Gasteiger partial charge in [0.2, 0.25) is 0 Å². The summed E-state index contributed by atoms with van der Waals surface area (Å²) in [7, 11) is 0. The molecular formula is C26H23N5O3S. The molecule has 9 heteroatoms. The summed E-state index contributed by atoms with van der Waals surface area (Å²) in [5, 5.41) is 12.9. The van der Waals surface area contributed by atoms with Gasteiger partial charge in [-0.1, -0.05) is 47.7 Å². The number of para-hydroxylation sites is 1. The van der Waals surface area contributed by atoms with Crippen molar-refractivity contribution in [3.8, 4) is 11.4 Å². The molecule has 0 aliphatic rings. The van der Waals surface area contributed by atoms with Crippen LogP contribution in [0, 0.1) is 13.8 Å². The van der Waals surface area contributed by atoms with Crippen LogP contribution >= 0.6 is 11.8 Å². The number of ether oxygens (including phenoxy) is 1. The average molecular weight is 486 g/mol. The topological polar surface area (TPSA) is 98.5 Å². The molecule has 8 nitrogen and oxygen atoms in total. The summed E-state index contributed by atoms with van der Waals surface area (Å²) in [6, 6.07) is 23.7. The number of aromatic nitrogens is 3. The standard InChI is InChI=1S/C26H23N5O3S/c1-18-8-12-21(13-9-18)25(33)34-23-14-10-20(11-15-23)16-27-29-24(32)17-35-26-30-28-19(2)31(26)22-6-4-3-5-7-22/h3-16H,17H2,1-2H3,(H,29,32)/b27-16-. The Hall–Kier alpha value is -4.24. The molecule has 3 aromatic carbocycles. The summed E-state index contributed by atoms with van der Waals surface area (Å²) in [6.45, 7) is 3.82. The third kappa shape index (κ3) is 6.42. The van der Waals surface area contributed by atoms with Crippen molar-refractivity contribution >= 4 is 29.9 Å². The van der Waals surface area contributed by atoms with Crippen LogP contribution in [0.15, 0.2) is 89.1 Å². The lowest BCUT2D eigenvalue weighted by Crippen LogP contribution is -2.20. The van der Waals surface area contributed by atoms with Gasteiger partial charge in [0, 0.05) is 5.69 Å². The van der Waals surface area contributed by atoms with Crippen LogP contribution in [0.5, 0.6) is 5.75 Å². The number of amides is 1.